The van der Waals surface area contributed by atoms with Crippen molar-refractivity contribution in [1.29, 1.82) is 0 Å². The first-order chi connectivity index (χ1) is 13.8. The lowest BCUT2D eigenvalue weighted by Gasteiger charge is -2.38. The fraction of sp³-hybridized carbons (Fsp3) is 0.750. The SMILES string of the molecule is C=CCN1C(C)(C)N=C(SCCCCSC2=NC(C)(C)N(CC=C)C2(C)C)C1(C)C. The predicted molar refractivity (Wildman–Crippen MR) is 139 cm³/mol. The van der Waals surface area contributed by atoms with E-state index in [0.717, 1.165) is 24.6 Å². The maximum absolute atomic E-state index is 5.03. The van der Waals surface area contributed by atoms with Gasteiger partial charge in [0.25, 0.3) is 0 Å². The van der Waals surface area contributed by atoms with Gasteiger partial charge in [0.2, 0.25) is 0 Å². The first-order valence-corrected chi connectivity index (χ1v) is 13.0. The maximum atomic E-state index is 5.03. The predicted octanol–water partition coefficient (Wildman–Crippen LogP) is 6.06. The zero-order valence-corrected chi connectivity index (χ0v) is 22.0. The molecule has 4 nitrogen and oxygen atoms in total. The molecule has 0 saturated carbocycles. The van der Waals surface area contributed by atoms with Crippen LogP contribution >= 0.6 is 23.5 Å². The summed E-state index contributed by atoms with van der Waals surface area (Å²) in [4.78, 5) is 14.9. The van der Waals surface area contributed by atoms with Gasteiger partial charge in [-0.2, -0.15) is 0 Å². The molecule has 2 aliphatic rings. The van der Waals surface area contributed by atoms with Gasteiger partial charge in [-0.25, -0.2) is 0 Å². The van der Waals surface area contributed by atoms with Gasteiger partial charge in [-0.1, -0.05) is 12.2 Å². The van der Waals surface area contributed by atoms with Crippen LogP contribution in [0.5, 0.6) is 0 Å². The lowest BCUT2D eigenvalue weighted by molar-refractivity contribution is 0.100. The van der Waals surface area contributed by atoms with Crippen molar-refractivity contribution in [2.24, 2.45) is 9.98 Å². The van der Waals surface area contributed by atoms with Crippen LogP contribution in [0, 0.1) is 0 Å². The number of nitrogens with zero attached hydrogens (tertiary/aromatic N) is 4. The van der Waals surface area contributed by atoms with Gasteiger partial charge in [0.15, 0.2) is 0 Å². The van der Waals surface area contributed by atoms with Crippen molar-refractivity contribution in [3.63, 3.8) is 0 Å². The molecule has 2 aliphatic heterocycles. The van der Waals surface area contributed by atoms with Gasteiger partial charge >= 0.3 is 0 Å². The smallest absolute Gasteiger partial charge is 0.109 e. The molecule has 0 aromatic heterocycles. The summed E-state index contributed by atoms with van der Waals surface area (Å²) in [5.74, 6) is 2.23. The molecule has 0 aliphatic carbocycles. The molecule has 0 fully saturated rings. The summed E-state index contributed by atoms with van der Waals surface area (Å²) in [7, 11) is 0. The zero-order chi connectivity index (χ0) is 22.8. The molecule has 0 bridgehead atoms. The van der Waals surface area contributed by atoms with E-state index in [2.05, 4.69) is 78.3 Å². The van der Waals surface area contributed by atoms with Crippen LogP contribution in [0.3, 0.4) is 0 Å². The van der Waals surface area contributed by atoms with Crippen LogP contribution in [0.1, 0.15) is 68.2 Å². The van der Waals surface area contributed by atoms with E-state index in [-0.39, 0.29) is 22.4 Å². The van der Waals surface area contributed by atoms with Crippen LogP contribution in [-0.2, 0) is 0 Å². The minimum absolute atomic E-state index is 0.0279. The van der Waals surface area contributed by atoms with Gasteiger partial charge in [-0.3, -0.25) is 19.8 Å². The Morgan fingerprint density at radius 3 is 1.33 bits per heavy atom. The molecule has 2 rings (SSSR count). The molecular formula is C24H42N4S2. The maximum Gasteiger partial charge on any atom is 0.109 e. The van der Waals surface area contributed by atoms with Gasteiger partial charge in [-0.15, -0.1) is 36.7 Å². The minimum atomic E-state index is -0.161. The molecule has 0 N–H and O–H groups in total. The fourth-order valence-electron chi connectivity index (χ4n) is 4.61. The zero-order valence-electron chi connectivity index (χ0n) is 20.4. The molecule has 0 amide bonds. The topological polar surface area (TPSA) is 31.2 Å². The van der Waals surface area contributed by atoms with E-state index in [4.69, 9.17) is 9.98 Å². The average Bonchev–Trinajstić information content (AvgIpc) is 2.91. The molecular weight excluding hydrogens is 408 g/mol. The Hall–Kier alpha value is -0.560. The molecule has 0 aromatic rings. The van der Waals surface area contributed by atoms with Crippen molar-refractivity contribution < 1.29 is 0 Å². The summed E-state index contributed by atoms with van der Waals surface area (Å²) in [6.45, 7) is 27.5. The lowest BCUT2D eigenvalue weighted by atomic mass is 10.0. The Kier molecular flexibility index (Phi) is 8.15. The Labute approximate surface area is 193 Å². The van der Waals surface area contributed by atoms with E-state index in [9.17, 15) is 0 Å². The number of hydrogen-bond acceptors (Lipinski definition) is 6. The first-order valence-electron chi connectivity index (χ1n) is 11.0. The van der Waals surface area contributed by atoms with Gasteiger partial charge in [0, 0.05) is 13.1 Å². The lowest BCUT2D eigenvalue weighted by Crippen LogP contribution is -2.51. The van der Waals surface area contributed by atoms with Crippen molar-refractivity contribution in [3.8, 4) is 0 Å². The summed E-state index contributed by atoms with van der Waals surface area (Å²) >= 11 is 3.85. The Morgan fingerprint density at radius 1 is 0.700 bits per heavy atom. The highest BCUT2D eigenvalue weighted by Crippen LogP contribution is 2.40. The quantitative estimate of drug-likeness (QED) is 0.315. The van der Waals surface area contributed by atoms with Crippen molar-refractivity contribution in [3.05, 3.63) is 25.3 Å². The van der Waals surface area contributed by atoms with Crippen LogP contribution in [0.25, 0.3) is 0 Å². The summed E-state index contributed by atoms with van der Waals surface area (Å²) in [5, 5.41) is 2.51. The highest BCUT2D eigenvalue weighted by molar-refractivity contribution is 8.14. The van der Waals surface area contributed by atoms with Crippen LogP contribution in [0.4, 0.5) is 0 Å². The molecule has 0 aromatic carbocycles. The second kappa shape index (κ2) is 9.51. The summed E-state index contributed by atoms with van der Waals surface area (Å²) in [6.07, 6.45) is 6.35. The number of rotatable bonds is 9. The molecule has 6 heteroatoms. The second-order valence-corrected chi connectivity index (χ2v) is 12.3. The van der Waals surface area contributed by atoms with E-state index in [1.165, 1.54) is 22.9 Å². The van der Waals surface area contributed by atoms with Crippen molar-refractivity contribution >= 4 is 33.6 Å². The fourth-order valence-corrected chi connectivity index (χ4v) is 7.20. The summed E-state index contributed by atoms with van der Waals surface area (Å²) < 4.78 is 0. The van der Waals surface area contributed by atoms with Gasteiger partial charge in [-0.05, 0) is 79.7 Å². The third-order valence-corrected chi connectivity index (χ3v) is 8.82. The van der Waals surface area contributed by atoms with Crippen LogP contribution in [-0.4, -0.2) is 66.9 Å². The van der Waals surface area contributed by atoms with Crippen LogP contribution in [0.15, 0.2) is 35.3 Å². The monoisotopic (exact) mass is 450 g/mol. The third kappa shape index (κ3) is 5.25. The average molecular weight is 451 g/mol. The number of unbranched alkanes of at least 4 members (excludes halogenated alkanes) is 1. The molecule has 0 unspecified atom stereocenters. The molecule has 0 atom stereocenters. The Bertz CT molecular complexity index is 644. The number of thioether (sulfide) groups is 2. The largest absolute Gasteiger partial charge is 0.265 e. The number of hydrogen-bond donors (Lipinski definition) is 0. The normalized spacial score (nSPS) is 24.5. The Morgan fingerprint density at radius 2 is 1.03 bits per heavy atom. The highest BCUT2D eigenvalue weighted by atomic mass is 32.2. The van der Waals surface area contributed by atoms with Gasteiger partial charge in [0.05, 0.1) is 21.2 Å². The number of aliphatic imine (C=N–C) groups is 2. The molecule has 170 valence electrons. The van der Waals surface area contributed by atoms with Crippen molar-refractivity contribution in [2.45, 2.75) is 90.6 Å². The Balaban J connectivity index is 1.82. The third-order valence-electron chi connectivity index (χ3n) is 6.11. The molecule has 30 heavy (non-hydrogen) atoms. The molecule has 0 radical (unpaired) electrons. The first kappa shape index (κ1) is 25.7. The highest BCUT2D eigenvalue weighted by Gasteiger charge is 2.47. The van der Waals surface area contributed by atoms with Crippen molar-refractivity contribution in [1.82, 2.24) is 9.80 Å². The van der Waals surface area contributed by atoms with E-state index in [0.29, 0.717) is 0 Å². The second-order valence-electron chi connectivity index (χ2n) is 10.1. The minimum Gasteiger partial charge on any atom is -0.265 e. The molecule has 0 saturated heterocycles. The van der Waals surface area contributed by atoms with E-state index in [1.807, 2.05) is 35.7 Å². The van der Waals surface area contributed by atoms with Crippen LogP contribution in [0.2, 0.25) is 0 Å². The van der Waals surface area contributed by atoms with Gasteiger partial charge in [0.1, 0.15) is 11.3 Å². The summed E-state index contributed by atoms with van der Waals surface area (Å²) in [5.41, 5.74) is -0.377. The van der Waals surface area contributed by atoms with Gasteiger partial charge < -0.3 is 0 Å². The standard InChI is InChI=1S/C24H42N4S2/c1-11-15-27-21(3,4)19(25-23(27,7)8)29-17-13-14-18-30-20-22(5,6)28(16-12-2)24(9,10)26-20/h11-12H,1-2,13-18H2,3-10H3. The van der Waals surface area contributed by atoms with Crippen LogP contribution < -0.4 is 0 Å². The summed E-state index contributed by atoms with van der Waals surface area (Å²) in [6, 6.07) is 0. The van der Waals surface area contributed by atoms with Crippen molar-refractivity contribution in [2.75, 3.05) is 24.6 Å². The van der Waals surface area contributed by atoms with E-state index < -0.39 is 0 Å². The molecule has 0 spiro atoms. The van der Waals surface area contributed by atoms with E-state index in [1.54, 1.807) is 0 Å². The van der Waals surface area contributed by atoms with E-state index >= 15 is 0 Å². The molecule has 2 heterocycles.